The Bertz CT molecular complexity index is 1320. The number of amides is 1. The van der Waals surface area contributed by atoms with Crippen LogP contribution in [0.15, 0.2) is 24.3 Å². The number of carbonyl (C=O) groups excluding carboxylic acids is 2. The molecule has 0 aliphatic heterocycles. The van der Waals surface area contributed by atoms with Crippen LogP contribution in [0.3, 0.4) is 0 Å². The third-order valence-corrected chi connectivity index (χ3v) is 18.3. The van der Waals surface area contributed by atoms with E-state index in [1.165, 1.54) is 353 Å². The van der Waals surface area contributed by atoms with Crippen LogP contribution in [-0.4, -0.2) is 47.4 Å². The molecule has 0 saturated carbocycles. The second-order valence-electron chi connectivity index (χ2n) is 26.7. The number of esters is 1. The highest BCUT2D eigenvalue weighted by atomic mass is 16.5. The van der Waals surface area contributed by atoms with Crippen molar-refractivity contribution in [3.8, 4) is 0 Å². The molecule has 0 saturated heterocycles. The van der Waals surface area contributed by atoms with Gasteiger partial charge in [0.25, 0.3) is 0 Å². The van der Waals surface area contributed by atoms with E-state index in [9.17, 15) is 19.8 Å². The molecule has 0 aromatic carbocycles. The van der Waals surface area contributed by atoms with E-state index in [4.69, 9.17) is 4.74 Å². The number of unbranched alkanes of at least 4 members (excludes halogenated alkanes) is 58. The molecule has 0 aliphatic rings. The van der Waals surface area contributed by atoms with Crippen molar-refractivity contribution in [2.75, 3.05) is 13.2 Å². The minimum atomic E-state index is -0.664. The van der Waals surface area contributed by atoms with Gasteiger partial charge in [-0.2, -0.15) is 0 Å². The molecule has 6 heteroatoms. The fourth-order valence-electron chi connectivity index (χ4n) is 12.4. The lowest BCUT2D eigenvalue weighted by molar-refractivity contribution is -0.143. The van der Waals surface area contributed by atoms with Crippen molar-refractivity contribution < 1.29 is 24.5 Å². The molecule has 0 aromatic rings. The maximum Gasteiger partial charge on any atom is 0.305 e. The largest absolute Gasteiger partial charge is 0.466 e. The van der Waals surface area contributed by atoms with E-state index in [-0.39, 0.29) is 18.5 Å². The minimum Gasteiger partial charge on any atom is -0.466 e. The van der Waals surface area contributed by atoms with E-state index in [1.54, 1.807) is 0 Å². The molecule has 84 heavy (non-hydrogen) atoms. The predicted octanol–water partition coefficient (Wildman–Crippen LogP) is 25.3. The quantitative estimate of drug-likeness (QED) is 0.0320. The van der Waals surface area contributed by atoms with Gasteiger partial charge < -0.3 is 20.3 Å². The molecule has 0 aromatic heterocycles. The Hall–Kier alpha value is -1.66. The molecule has 0 heterocycles. The molecular weight excluding hydrogens is 1030 g/mol. The fourth-order valence-corrected chi connectivity index (χ4v) is 12.4. The van der Waals surface area contributed by atoms with Crippen molar-refractivity contribution in [2.24, 2.45) is 0 Å². The number of carbonyl (C=O) groups is 2. The number of hydrogen-bond donors (Lipinski definition) is 3. The fraction of sp³-hybridized carbons (Fsp3) is 0.923. The van der Waals surface area contributed by atoms with E-state index in [1.807, 2.05) is 0 Å². The zero-order valence-corrected chi connectivity index (χ0v) is 57.2. The van der Waals surface area contributed by atoms with Crippen molar-refractivity contribution in [3.63, 3.8) is 0 Å². The third-order valence-electron chi connectivity index (χ3n) is 18.3. The Morgan fingerprint density at radius 1 is 0.333 bits per heavy atom. The number of allylic oxidation sites excluding steroid dienone is 4. The van der Waals surface area contributed by atoms with Gasteiger partial charge in [-0.25, -0.2) is 0 Å². The first-order valence-electron chi connectivity index (χ1n) is 38.6. The third kappa shape index (κ3) is 69.4. The highest BCUT2D eigenvalue weighted by Crippen LogP contribution is 2.20. The number of hydrogen-bond acceptors (Lipinski definition) is 5. The summed E-state index contributed by atoms with van der Waals surface area (Å²) < 4.78 is 5.49. The van der Waals surface area contributed by atoms with Crippen LogP contribution in [-0.2, 0) is 14.3 Å². The van der Waals surface area contributed by atoms with Gasteiger partial charge in [0.15, 0.2) is 0 Å². The molecule has 1 amide bonds. The van der Waals surface area contributed by atoms with E-state index in [0.29, 0.717) is 25.9 Å². The standard InChI is InChI=1S/C78H151NO5/c1-3-5-7-9-11-13-15-17-19-20-21-22-23-30-33-36-39-43-46-50-54-58-62-66-70-76(81)75(74-80)79-77(82)71-67-63-59-55-51-47-44-40-37-34-31-28-26-24-25-27-29-32-35-38-41-45-49-53-57-61-65-69-73-84-78(83)72-68-64-60-56-52-48-42-18-16-14-12-10-8-6-4-2/h12,14,18,42,75-76,80-81H,3-11,13,15-17,19-41,43-74H2,1-2H3,(H,79,82)/b14-12-,42-18-. The SMILES string of the molecule is CCCCC/C=C\C/C=C\CCCCCCCC(=O)OCCCCCCCCCCCCCCCCCCCCCCCCCCCCCCC(=O)NC(CO)C(O)CCCCCCCCCCCCCCCCCCCCCCCCCC. The monoisotopic (exact) mass is 1180 g/mol. The molecule has 0 aliphatic carbocycles. The summed E-state index contributed by atoms with van der Waals surface area (Å²) in [5.74, 6) is -0.0205. The van der Waals surface area contributed by atoms with Crippen LogP contribution in [0.1, 0.15) is 438 Å². The second-order valence-corrected chi connectivity index (χ2v) is 26.7. The summed E-state index contributed by atoms with van der Waals surface area (Å²) >= 11 is 0. The van der Waals surface area contributed by atoms with Crippen molar-refractivity contribution in [1.82, 2.24) is 5.32 Å². The molecule has 0 spiro atoms. The van der Waals surface area contributed by atoms with Crippen LogP contribution in [0.2, 0.25) is 0 Å². The lowest BCUT2D eigenvalue weighted by Crippen LogP contribution is -2.45. The average molecular weight is 1180 g/mol. The van der Waals surface area contributed by atoms with E-state index < -0.39 is 12.1 Å². The molecule has 2 unspecified atom stereocenters. The highest BCUT2D eigenvalue weighted by molar-refractivity contribution is 5.76. The molecule has 0 rings (SSSR count). The van der Waals surface area contributed by atoms with Crippen LogP contribution in [0, 0.1) is 0 Å². The first-order chi connectivity index (χ1) is 41.5. The molecule has 0 fully saturated rings. The molecule has 0 bridgehead atoms. The Morgan fingerprint density at radius 2 is 0.595 bits per heavy atom. The van der Waals surface area contributed by atoms with E-state index in [2.05, 4.69) is 43.5 Å². The summed E-state index contributed by atoms with van der Waals surface area (Å²) in [5.41, 5.74) is 0. The molecule has 6 nitrogen and oxygen atoms in total. The summed E-state index contributed by atoms with van der Waals surface area (Å²) in [5, 5.41) is 23.5. The van der Waals surface area contributed by atoms with Crippen LogP contribution in [0.5, 0.6) is 0 Å². The molecule has 498 valence electrons. The lowest BCUT2D eigenvalue weighted by atomic mass is 10.0. The maximum atomic E-state index is 12.6. The number of rotatable bonds is 73. The topological polar surface area (TPSA) is 95.9 Å². The number of aliphatic hydroxyl groups is 2. The summed E-state index contributed by atoms with van der Waals surface area (Å²) in [6.45, 7) is 4.97. The van der Waals surface area contributed by atoms with Crippen LogP contribution in [0.25, 0.3) is 0 Å². The summed E-state index contributed by atoms with van der Waals surface area (Å²) in [7, 11) is 0. The second kappa shape index (κ2) is 73.8. The maximum absolute atomic E-state index is 12.6. The Labute approximate surface area is 526 Å². The lowest BCUT2D eigenvalue weighted by Gasteiger charge is -2.22. The van der Waals surface area contributed by atoms with Crippen LogP contribution < -0.4 is 5.32 Å². The van der Waals surface area contributed by atoms with Gasteiger partial charge in [0, 0.05) is 12.8 Å². The average Bonchev–Trinajstić information content (AvgIpc) is 3.51. The Kier molecular flexibility index (Phi) is 72.3. The van der Waals surface area contributed by atoms with Gasteiger partial charge in [-0.1, -0.05) is 391 Å². The number of nitrogens with one attached hydrogen (secondary N) is 1. The van der Waals surface area contributed by atoms with Gasteiger partial charge in [0.2, 0.25) is 5.91 Å². The van der Waals surface area contributed by atoms with Gasteiger partial charge in [-0.15, -0.1) is 0 Å². The first kappa shape index (κ1) is 82.3. The zero-order chi connectivity index (χ0) is 60.6. The molecule has 2 atom stereocenters. The zero-order valence-electron chi connectivity index (χ0n) is 57.2. The summed E-state index contributed by atoms with van der Waals surface area (Å²) in [6.07, 6.45) is 94.0. The van der Waals surface area contributed by atoms with E-state index in [0.717, 1.165) is 51.4 Å². The Balaban J connectivity index is 3.35. The summed E-state index contributed by atoms with van der Waals surface area (Å²) in [6, 6.07) is -0.540. The van der Waals surface area contributed by atoms with Crippen molar-refractivity contribution >= 4 is 11.9 Å². The molecule has 3 N–H and O–H groups in total. The highest BCUT2D eigenvalue weighted by Gasteiger charge is 2.20. The summed E-state index contributed by atoms with van der Waals surface area (Å²) in [4.78, 5) is 24.6. The van der Waals surface area contributed by atoms with E-state index >= 15 is 0 Å². The minimum absolute atomic E-state index is 0.00579. The Morgan fingerprint density at radius 3 is 0.929 bits per heavy atom. The molecular formula is C78H151NO5. The van der Waals surface area contributed by atoms with Crippen molar-refractivity contribution in [2.45, 2.75) is 450 Å². The van der Waals surface area contributed by atoms with Gasteiger partial charge in [0.05, 0.1) is 25.4 Å². The number of aliphatic hydroxyl groups excluding tert-OH is 2. The molecule has 0 radical (unpaired) electrons. The van der Waals surface area contributed by atoms with Gasteiger partial charge >= 0.3 is 5.97 Å². The van der Waals surface area contributed by atoms with Crippen molar-refractivity contribution in [3.05, 3.63) is 24.3 Å². The smallest absolute Gasteiger partial charge is 0.305 e. The van der Waals surface area contributed by atoms with Gasteiger partial charge in [-0.05, 0) is 57.8 Å². The van der Waals surface area contributed by atoms with Crippen LogP contribution in [0.4, 0.5) is 0 Å². The van der Waals surface area contributed by atoms with Gasteiger partial charge in [-0.3, -0.25) is 9.59 Å². The predicted molar refractivity (Wildman–Crippen MR) is 370 cm³/mol. The van der Waals surface area contributed by atoms with Crippen molar-refractivity contribution in [1.29, 1.82) is 0 Å². The van der Waals surface area contributed by atoms with Crippen LogP contribution >= 0.6 is 0 Å². The normalized spacial score (nSPS) is 12.6. The van der Waals surface area contributed by atoms with Gasteiger partial charge in [0.1, 0.15) is 0 Å². The number of ether oxygens (including phenoxy) is 1. The first-order valence-corrected chi connectivity index (χ1v) is 38.6.